The molecule has 1 aliphatic heterocycles. The third-order valence-corrected chi connectivity index (χ3v) is 4.47. The van der Waals surface area contributed by atoms with Crippen LogP contribution in [-0.4, -0.2) is 24.4 Å². The third kappa shape index (κ3) is 3.17. The lowest BCUT2D eigenvalue weighted by atomic mass is 10.2. The van der Waals surface area contributed by atoms with Crippen molar-refractivity contribution in [3.05, 3.63) is 52.5 Å². The molecule has 0 saturated carbocycles. The number of nitrogens with one attached hydrogen (secondary N) is 1. The fourth-order valence-electron chi connectivity index (χ4n) is 2.51. The molecule has 3 rings (SSSR count). The monoisotopic (exact) mass is 318 g/mol. The molecule has 4 nitrogen and oxygen atoms in total. The van der Waals surface area contributed by atoms with Gasteiger partial charge in [0.15, 0.2) is 0 Å². The zero-order valence-electron chi connectivity index (χ0n) is 11.8. The van der Waals surface area contributed by atoms with E-state index in [9.17, 15) is 14.0 Å². The number of anilines is 1. The predicted molar refractivity (Wildman–Crippen MR) is 83.3 cm³/mol. The largest absolute Gasteiger partial charge is 0.344 e. The number of carbonyl (C=O) groups excluding carboxylic acids is 2. The highest BCUT2D eigenvalue weighted by Gasteiger charge is 2.33. The second kappa shape index (κ2) is 6.27. The summed E-state index contributed by atoms with van der Waals surface area (Å²) in [7, 11) is 0. The Hall–Kier alpha value is -2.21. The molecule has 0 aliphatic carbocycles. The molecular formula is C16H15FN2O2S. The van der Waals surface area contributed by atoms with Gasteiger partial charge >= 0.3 is 0 Å². The van der Waals surface area contributed by atoms with Gasteiger partial charge in [0.05, 0.1) is 6.42 Å². The molecule has 2 aromatic rings. The van der Waals surface area contributed by atoms with Gasteiger partial charge in [-0.1, -0.05) is 6.07 Å². The van der Waals surface area contributed by atoms with Crippen LogP contribution in [0.15, 0.2) is 41.8 Å². The van der Waals surface area contributed by atoms with Gasteiger partial charge in [0.2, 0.25) is 11.8 Å². The number of amides is 2. The van der Waals surface area contributed by atoms with E-state index in [2.05, 4.69) is 5.32 Å². The van der Waals surface area contributed by atoms with Crippen LogP contribution < -0.4 is 10.2 Å². The lowest BCUT2D eigenvalue weighted by Crippen LogP contribution is -2.42. The summed E-state index contributed by atoms with van der Waals surface area (Å²) >= 11 is 1.52. The molecule has 22 heavy (non-hydrogen) atoms. The summed E-state index contributed by atoms with van der Waals surface area (Å²) in [5, 5.41) is 4.70. The minimum Gasteiger partial charge on any atom is -0.344 e. The Morgan fingerprint density at radius 1 is 1.32 bits per heavy atom. The first-order valence-electron chi connectivity index (χ1n) is 7.02. The Morgan fingerprint density at radius 2 is 2.09 bits per heavy atom. The SMILES string of the molecule is O=C(Cc1cccs1)N[C@@H]1CCN(c2ccc(F)cc2)C1=O. The highest BCUT2D eigenvalue weighted by atomic mass is 32.1. The Bertz CT molecular complexity index is 670. The van der Waals surface area contributed by atoms with Crippen molar-refractivity contribution in [1.29, 1.82) is 0 Å². The number of rotatable bonds is 4. The number of nitrogens with zero attached hydrogens (tertiary/aromatic N) is 1. The molecule has 1 aromatic carbocycles. The molecule has 2 heterocycles. The normalized spacial score (nSPS) is 17.8. The third-order valence-electron chi connectivity index (χ3n) is 3.59. The van der Waals surface area contributed by atoms with Crippen LogP contribution in [0.25, 0.3) is 0 Å². The van der Waals surface area contributed by atoms with Gasteiger partial charge in [-0.05, 0) is 42.1 Å². The molecule has 1 N–H and O–H groups in total. The smallest absolute Gasteiger partial charge is 0.249 e. The van der Waals surface area contributed by atoms with Crippen LogP contribution in [-0.2, 0) is 16.0 Å². The summed E-state index contributed by atoms with van der Waals surface area (Å²) in [4.78, 5) is 26.9. The second-order valence-electron chi connectivity index (χ2n) is 5.13. The van der Waals surface area contributed by atoms with Gasteiger partial charge in [0, 0.05) is 17.1 Å². The Kier molecular flexibility index (Phi) is 4.20. The van der Waals surface area contributed by atoms with E-state index in [1.54, 1.807) is 17.0 Å². The van der Waals surface area contributed by atoms with Crippen LogP contribution in [0.2, 0.25) is 0 Å². The zero-order valence-corrected chi connectivity index (χ0v) is 12.6. The molecule has 1 aliphatic rings. The highest BCUT2D eigenvalue weighted by Crippen LogP contribution is 2.22. The van der Waals surface area contributed by atoms with E-state index >= 15 is 0 Å². The lowest BCUT2D eigenvalue weighted by molar-refractivity contribution is -0.126. The van der Waals surface area contributed by atoms with Crippen molar-refractivity contribution in [2.24, 2.45) is 0 Å². The highest BCUT2D eigenvalue weighted by molar-refractivity contribution is 7.10. The fourth-order valence-corrected chi connectivity index (χ4v) is 3.21. The number of carbonyl (C=O) groups is 2. The molecule has 0 radical (unpaired) electrons. The van der Waals surface area contributed by atoms with Crippen LogP contribution >= 0.6 is 11.3 Å². The average molecular weight is 318 g/mol. The van der Waals surface area contributed by atoms with Gasteiger partial charge in [0.25, 0.3) is 0 Å². The summed E-state index contributed by atoms with van der Waals surface area (Å²) < 4.78 is 12.9. The molecule has 0 spiro atoms. The van der Waals surface area contributed by atoms with E-state index in [1.165, 1.54) is 23.5 Å². The van der Waals surface area contributed by atoms with Gasteiger partial charge in [-0.3, -0.25) is 9.59 Å². The number of hydrogen-bond donors (Lipinski definition) is 1. The summed E-state index contributed by atoms with van der Waals surface area (Å²) in [5.41, 5.74) is 0.654. The fraction of sp³-hybridized carbons (Fsp3) is 0.250. The first kappa shape index (κ1) is 14.7. The van der Waals surface area contributed by atoms with Crippen LogP contribution in [0.3, 0.4) is 0 Å². The van der Waals surface area contributed by atoms with Crippen molar-refractivity contribution in [2.45, 2.75) is 18.9 Å². The van der Waals surface area contributed by atoms with Gasteiger partial charge in [-0.15, -0.1) is 11.3 Å². The zero-order chi connectivity index (χ0) is 15.5. The number of benzene rings is 1. The molecule has 6 heteroatoms. The van der Waals surface area contributed by atoms with Crippen LogP contribution in [0.1, 0.15) is 11.3 Å². The minimum atomic E-state index is -0.502. The van der Waals surface area contributed by atoms with E-state index in [0.717, 1.165) is 4.88 Å². The maximum atomic E-state index is 12.9. The molecule has 114 valence electrons. The Labute approximate surface area is 131 Å². The van der Waals surface area contributed by atoms with Crippen LogP contribution in [0, 0.1) is 5.82 Å². The maximum absolute atomic E-state index is 12.9. The van der Waals surface area contributed by atoms with E-state index in [1.807, 2.05) is 17.5 Å². The lowest BCUT2D eigenvalue weighted by Gasteiger charge is -2.17. The second-order valence-corrected chi connectivity index (χ2v) is 6.16. The maximum Gasteiger partial charge on any atom is 0.249 e. The number of thiophene rings is 1. The first-order chi connectivity index (χ1) is 10.6. The van der Waals surface area contributed by atoms with Crippen LogP contribution in [0.5, 0.6) is 0 Å². The van der Waals surface area contributed by atoms with Gasteiger partial charge in [0.1, 0.15) is 11.9 Å². The van der Waals surface area contributed by atoms with E-state index in [-0.39, 0.29) is 24.1 Å². The Balaban J connectivity index is 1.61. The molecule has 0 unspecified atom stereocenters. The van der Waals surface area contributed by atoms with Crippen molar-refractivity contribution in [3.63, 3.8) is 0 Å². The first-order valence-corrected chi connectivity index (χ1v) is 7.90. The van der Waals surface area contributed by atoms with E-state index in [0.29, 0.717) is 18.7 Å². The molecule has 1 saturated heterocycles. The van der Waals surface area contributed by atoms with E-state index in [4.69, 9.17) is 0 Å². The standard InChI is InChI=1S/C16H15FN2O2S/c17-11-3-5-12(6-4-11)19-8-7-14(16(19)21)18-15(20)10-13-2-1-9-22-13/h1-6,9,14H,7-8,10H2,(H,18,20)/t14-/m1/s1. The van der Waals surface area contributed by atoms with Crippen molar-refractivity contribution < 1.29 is 14.0 Å². The minimum absolute atomic E-state index is 0.147. The van der Waals surface area contributed by atoms with E-state index < -0.39 is 6.04 Å². The topological polar surface area (TPSA) is 49.4 Å². The molecule has 1 fully saturated rings. The Morgan fingerprint density at radius 3 is 2.77 bits per heavy atom. The molecular weight excluding hydrogens is 303 g/mol. The van der Waals surface area contributed by atoms with Crippen LogP contribution in [0.4, 0.5) is 10.1 Å². The van der Waals surface area contributed by atoms with Crippen molar-refractivity contribution in [3.8, 4) is 0 Å². The van der Waals surface area contributed by atoms with Crippen molar-refractivity contribution >= 4 is 28.8 Å². The molecule has 0 bridgehead atoms. The summed E-state index contributed by atoms with van der Waals surface area (Å²) in [6, 6.07) is 9.08. The molecule has 2 amide bonds. The van der Waals surface area contributed by atoms with Crippen molar-refractivity contribution in [2.75, 3.05) is 11.4 Å². The summed E-state index contributed by atoms with van der Waals surface area (Å²) in [6.45, 7) is 0.522. The summed E-state index contributed by atoms with van der Waals surface area (Å²) in [5.74, 6) is -0.635. The number of hydrogen-bond acceptors (Lipinski definition) is 3. The quantitative estimate of drug-likeness (QED) is 0.941. The molecule has 1 atom stereocenters. The average Bonchev–Trinajstić information content (AvgIpc) is 3.11. The van der Waals surface area contributed by atoms with Gasteiger partial charge in [-0.25, -0.2) is 4.39 Å². The predicted octanol–water partition coefficient (Wildman–Crippen LogP) is 2.35. The number of halogens is 1. The van der Waals surface area contributed by atoms with Gasteiger partial charge in [-0.2, -0.15) is 0 Å². The van der Waals surface area contributed by atoms with Crippen molar-refractivity contribution in [1.82, 2.24) is 5.32 Å². The van der Waals surface area contributed by atoms with Gasteiger partial charge < -0.3 is 10.2 Å². The summed E-state index contributed by atoms with van der Waals surface area (Å²) in [6.07, 6.45) is 0.852. The molecule has 1 aromatic heterocycles.